The molecule has 0 saturated heterocycles. The van der Waals surface area contributed by atoms with Crippen molar-refractivity contribution in [3.63, 3.8) is 0 Å². The van der Waals surface area contributed by atoms with E-state index >= 15 is 0 Å². The first-order chi connectivity index (χ1) is 19.2. The average Bonchev–Trinajstić information content (AvgIpc) is 2.98. The molecule has 0 aromatic heterocycles. The predicted octanol–water partition coefficient (Wildman–Crippen LogP) is 5.63. The average molecular weight is 619 g/mol. The van der Waals surface area contributed by atoms with E-state index in [1.165, 1.54) is 30.3 Å². The number of carbonyl (C=O) groups excluding carboxylic acids is 2. The third-order valence-electron chi connectivity index (χ3n) is 7.50. The van der Waals surface area contributed by atoms with E-state index in [9.17, 15) is 18.0 Å². The minimum atomic E-state index is -3.98. The summed E-state index contributed by atoms with van der Waals surface area (Å²) in [5, 5.41) is 0. The van der Waals surface area contributed by atoms with Crippen LogP contribution in [-0.2, 0) is 16.3 Å². The number of hydrogen-bond donors (Lipinski definition) is 0. The molecule has 0 fully saturated rings. The van der Waals surface area contributed by atoms with E-state index in [-0.39, 0.29) is 38.2 Å². The molecule has 0 N–H and O–H groups in total. The van der Waals surface area contributed by atoms with Crippen LogP contribution in [0.1, 0.15) is 49.0 Å². The van der Waals surface area contributed by atoms with Crippen LogP contribution in [0.15, 0.2) is 93.1 Å². The zero-order valence-corrected chi connectivity index (χ0v) is 24.1. The lowest BCUT2D eigenvalue weighted by molar-refractivity contribution is 0.0693. The maximum Gasteiger partial charge on any atom is 0.254 e. The van der Waals surface area contributed by atoms with Crippen LogP contribution in [0.25, 0.3) is 0 Å². The van der Waals surface area contributed by atoms with Crippen LogP contribution in [-0.4, -0.2) is 45.8 Å². The molecule has 202 valence electrons. The number of halogens is 1. The molecule has 2 aliphatic heterocycles. The lowest BCUT2D eigenvalue weighted by Gasteiger charge is -2.38. The highest BCUT2D eigenvalue weighted by Gasteiger charge is 2.37. The van der Waals surface area contributed by atoms with Gasteiger partial charge in [-0.1, -0.05) is 40.2 Å². The molecule has 4 aromatic carbocycles. The highest BCUT2D eigenvalue weighted by Crippen LogP contribution is 2.42. The Morgan fingerprint density at radius 2 is 1.55 bits per heavy atom. The first kappa shape index (κ1) is 26.3. The van der Waals surface area contributed by atoms with Gasteiger partial charge in [0.05, 0.1) is 30.1 Å². The fraction of sp³-hybridized carbons (Fsp3) is 0.161. The van der Waals surface area contributed by atoms with Crippen LogP contribution in [0.5, 0.6) is 11.5 Å². The molecule has 40 heavy (non-hydrogen) atoms. The second-order valence-electron chi connectivity index (χ2n) is 9.65. The first-order valence-corrected chi connectivity index (χ1v) is 14.9. The smallest absolute Gasteiger partial charge is 0.254 e. The third-order valence-corrected chi connectivity index (χ3v) is 9.88. The Kier molecular flexibility index (Phi) is 6.51. The molecular weight excluding hydrogens is 594 g/mol. The van der Waals surface area contributed by atoms with Crippen LogP contribution in [0.3, 0.4) is 0 Å². The van der Waals surface area contributed by atoms with Crippen molar-refractivity contribution >= 4 is 37.5 Å². The Labute approximate surface area is 240 Å². The maximum absolute atomic E-state index is 14.1. The number of carbonyl (C=O) groups is 2. The molecule has 0 spiro atoms. The number of hydrogen-bond acceptors (Lipinski definition) is 6. The monoisotopic (exact) mass is 617 g/mol. The Bertz CT molecular complexity index is 1800. The van der Waals surface area contributed by atoms with Gasteiger partial charge in [0, 0.05) is 27.7 Å². The van der Waals surface area contributed by atoms with Gasteiger partial charge in [-0.05, 0) is 77.7 Å². The second kappa shape index (κ2) is 9.91. The molecule has 1 atom stereocenters. The summed E-state index contributed by atoms with van der Waals surface area (Å²) in [6.07, 6.45) is 0.573. The van der Waals surface area contributed by atoms with E-state index in [4.69, 9.17) is 9.47 Å². The molecule has 0 radical (unpaired) electrons. The SMILES string of the molecule is COc1cc2c(cc1OC)[C@@H](c1ccc(Br)cc1)N(C(=O)c1ccc3c(c1)S(=O)(=O)c1ccccc1C3=O)CC2. The summed E-state index contributed by atoms with van der Waals surface area (Å²) < 4.78 is 39.0. The second-order valence-corrected chi connectivity index (χ2v) is 12.5. The molecule has 0 aliphatic carbocycles. The molecule has 0 saturated carbocycles. The molecule has 7 nitrogen and oxygen atoms in total. The normalized spacial score (nSPS) is 16.9. The van der Waals surface area contributed by atoms with Crippen molar-refractivity contribution in [3.05, 3.63) is 117 Å². The number of nitrogens with zero attached hydrogens (tertiary/aromatic N) is 1. The van der Waals surface area contributed by atoms with Crippen LogP contribution in [0.2, 0.25) is 0 Å². The van der Waals surface area contributed by atoms with E-state index < -0.39 is 15.9 Å². The van der Waals surface area contributed by atoms with Gasteiger partial charge in [-0.3, -0.25) is 9.59 Å². The number of methoxy groups -OCH3 is 2. The first-order valence-electron chi connectivity index (χ1n) is 12.6. The zero-order chi connectivity index (χ0) is 28.2. The third kappa shape index (κ3) is 4.12. The summed E-state index contributed by atoms with van der Waals surface area (Å²) in [6, 6.07) is 21.6. The van der Waals surface area contributed by atoms with Crippen molar-refractivity contribution in [2.24, 2.45) is 0 Å². The molecule has 2 heterocycles. The van der Waals surface area contributed by atoms with Crippen LogP contribution >= 0.6 is 15.9 Å². The highest BCUT2D eigenvalue weighted by atomic mass is 79.9. The summed E-state index contributed by atoms with van der Waals surface area (Å²) in [5.74, 6) is 0.452. The lowest BCUT2D eigenvalue weighted by Crippen LogP contribution is -2.40. The number of ketones is 1. The Morgan fingerprint density at radius 1 is 0.875 bits per heavy atom. The van der Waals surface area contributed by atoms with Gasteiger partial charge in [0.1, 0.15) is 0 Å². The van der Waals surface area contributed by atoms with Gasteiger partial charge in [-0.2, -0.15) is 0 Å². The summed E-state index contributed by atoms with van der Waals surface area (Å²) in [6.45, 7) is 0.396. The fourth-order valence-electron chi connectivity index (χ4n) is 5.55. The maximum atomic E-state index is 14.1. The zero-order valence-electron chi connectivity index (χ0n) is 21.7. The topological polar surface area (TPSA) is 90.0 Å². The van der Waals surface area contributed by atoms with Crippen molar-refractivity contribution in [2.75, 3.05) is 20.8 Å². The number of benzene rings is 4. The number of fused-ring (bicyclic) bond motifs is 3. The molecular formula is C31H24BrNO6S. The molecule has 0 unspecified atom stereocenters. The molecule has 1 amide bonds. The molecule has 6 rings (SSSR count). The largest absolute Gasteiger partial charge is 0.493 e. The van der Waals surface area contributed by atoms with E-state index in [2.05, 4.69) is 15.9 Å². The van der Waals surface area contributed by atoms with E-state index in [1.54, 1.807) is 31.3 Å². The van der Waals surface area contributed by atoms with Crippen LogP contribution in [0, 0.1) is 0 Å². The quantitative estimate of drug-likeness (QED) is 0.260. The van der Waals surface area contributed by atoms with Crippen molar-refractivity contribution in [3.8, 4) is 11.5 Å². The van der Waals surface area contributed by atoms with Crippen LogP contribution < -0.4 is 9.47 Å². The summed E-state index contributed by atoms with van der Waals surface area (Å²) >= 11 is 3.48. The predicted molar refractivity (Wildman–Crippen MR) is 152 cm³/mol. The van der Waals surface area contributed by atoms with Crippen molar-refractivity contribution < 1.29 is 27.5 Å². The molecule has 0 bridgehead atoms. The summed E-state index contributed by atoms with van der Waals surface area (Å²) in [4.78, 5) is 28.8. The van der Waals surface area contributed by atoms with E-state index in [0.717, 1.165) is 21.2 Å². The standard InChI is InChI=1S/C31H24BrNO6S/c1-38-25-15-19-13-14-33(29(24(19)17-26(25)39-2)18-7-10-21(32)11-8-18)31(35)20-9-12-23-28(16-20)40(36,37)27-6-4-3-5-22(27)30(23)34/h3-12,15-17,29H,13-14H2,1-2H3/t29-/m1/s1. The van der Waals surface area contributed by atoms with Gasteiger partial charge in [0.15, 0.2) is 17.3 Å². The van der Waals surface area contributed by atoms with Gasteiger partial charge in [-0.15, -0.1) is 0 Å². The van der Waals surface area contributed by atoms with Gasteiger partial charge < -0.3 is 14.4 Å². The van der Waals surface area contributed by atoms with E-state index in [0.29, 0.717) is 24.5 Å². The summed E-state index contributed by atoms with van der Waals surface area (Å²) in [7, 11) is -0.831. The summed E-state index contributed by atoms with van der Waals surface area (Å²) in [5.41, 5.74) is 3.22. The minimum absolute atomic E-state index is 0.0437. The number of sulfone groups is 1. The van der Waals surface area contributed by atoms with Crippen molar-refractivity contribution in [2.45, 2.75) is 22.3 Å². The van der Waals surface area contributed by atoms with Crippen molar-refractivity contribution in [1.29, 1.82) is 0 Å². The number of rotatable bonds is 4. The Hall–Kier alpha value is -3.95. The number of ether oxygens (including phenoxy) is 2. The van der Waals surface area contributed by atoms with Gasteiger partial charge >= 0.3 is 0 Å². The van der Waals surface area contributed by atoms with Gasteiger partial charge in [0.25, 0.3) is 5.91 Å². The fourth-order valence-corrected chi connectivity index (χ4v) is 7.49. The Balaban J connectivity index is 1.47. The van der Waals surface area contributed by atoms with Gasteiger partial charge in [-0.25, -0.2) is 8.42 Å². The number of amides is 1. The lowest BCUT2D eigenvalue weighted by atomic mass is 9.87. The van der Waals surface area contributed by atoms with Crippen molar-refractivity contribution in [1.82, 2.24) is 4.90 Å². The highest BCUT2D eigenvalue weighted by molar-refractivity contribution is 9.10. The molecule has 9 heteroatoms. The molecule has 2 aliphatic rings. The van der Waals surface area contributed by atoms with Crippen LogP contribution in [0.4, 0.5) is 0 Å². The molecule has 4 aromatic rings. The Morgan fingerprint density at radius 3 is 2.27 bits per heavy atom. The minimum Gasteiger partial charge on any atom is -0.493 e. The van der Waals surface area contributed by atoms with E-state index in [1.807, 2.05) is 36.4 Å². The van der Waals surface area contributed by atoms with Gasteiger partial charge in [0.2, 0.25) is 9.84 Å².